The van der Waals surface area contributed by atoms with Crippen molar-refractivity contribution in [2.45, 2.75) is 24.3 Å². The van der Waals surface area contributed by atoms with Gasteiger partial charge in [-0.05, 0) is 30.0 Å². The van der Waals surface area contributed by atoms with Gasteiger partial charge in [0.25, 0.3) is 0 Å². The number of anilines is 1. The van der Waals surface area contributed by atoms with Gasteiger partial charge >= 0.3 is 0 Å². The summed E-state index contributed by atoms with van der Waals surface area (Å²) in [6.07, 6.45) is 3.71. The Morgan fingerprint density at radius 3 is 2.43 bits per heavy atom. The summed E-state index contributed by atoms with van der Waals surface area (Å²) in [6, 6.07) is 13.7. The van der Waals surface area contributed by atoms with Crippen LogP contribution in [0.25, 0.3) is 0 Å². The number of aromatic nitrogens is 1. The number of hydrogen-bond donors (Lipinski definition) is 1. The summed E-state index contributed by atoms with van der Waals surface area (Å²) in [5.74, 6) is 0.474. The molecule has 21 heavy (non-hydrogen) atoms. The Morgan fingerprint density at radius 2 is 1.86 bits per heavy atom. The highest BCUT2D eigenvalue weighted by molar-refractivity contribution is 7.90. The second-order valence-electron chi connectivity index (χ2n) is 5.18. The van der Waals surface area contributed by atoms with Gasteiger partial charge < -0.3 is 5.32 Å². The molecule has 112 valence electrons. The molecule has 1 aromatic heterocycles. The minimum absolute atomic E-state index is 0.103. The van der Waals surface area contributed by atoms with Crippen LogP contribution < -0.4 is 5.32 Å². The number of sulfone groups is 1. The van der Waals surface area contributed by atoms with E-state index >= 15 is 0 Å². The summed E-state index contributed by atoms with van der Waals surface area (Å²) in [7, 11) is -3.23. The first-order chi connectivity index (χ1) is 9.97. The van der Waals surface area contributed by atoms with Gasteiger partial charge in [-0.15, -0.1) is 0 Å². The fourth-order valence-electron chi connectivity index (χ4n) is 2.09. The average Bonchev–Trinajstić information content (AvgIpc) is 2.47. The molecular weight excluding hydrogens is 284 g/mol. The molecule has 0 aliphatic heterocycles. The highest BCUT2D eigenvalue weighted by Gasteiger charge is 2.08. The van der Waals surface area contributed by atoms with E-state index in [9.17, 15) is 8.42 Å². The number of rotatable bonds is 6. The monoisotopic (exact) mass is 304 g/mol. The van der Waals surface area contributed by atoms with Crippen LogP contribution in [0.4, 0.5) is 5.69 Å². The van der Waals surface area contributed by atoms with Crippen LogP contribution in [0.1, 0.15) is 24.8 Å². The maximum atomic E-state index is 11.3. The fourth-order valence-corrected chi connectivity index (χ4v) is 2.64. The lowest BCUT2D eigenvalue weighted by Gasteiger charge is -2.13. The van der Waals surface area contributed by atoms with Crippen molar-refractivity contribution in [1.82, 2.24) is 4.98 Å². The number of benzene rings is 1. The SMILES string of the molecule is CC(CCNc1ccc(S(C)(=O)=O)nc1)c1ccccc1. The highest BCUT2D eigenvalue weighted by Crippen LogP contribution is 2.18. The molecule has 1 atom stereocenters. The molecule has 0 fully saturated rings. The maximum Gasteiger partial charge on any atom is 0.192 e. The smallest absolute Gasteiger partial charge is 0.192 e. The van der Waals surface area contributed by atoms with E-state index in [0.29, 0.717) is 5.92 Å². The summed E-state index contributed by atoms with van der Waals surface area (Å²) >= 11 is 0. The van der Waals surface area contributed by atoms with Crippen molar-refractivity contribution in [3.8, 4) is 0 Å². The Bertz CT molecular complexity index is 667. The fraction of sp³-hybridized carbons (Fsp3) is 0.312. The number of pyridine rings is 1. The van der Waals surface area contributed by atoms with Gasteiger partial charge in [0, 0.05) is 12.8 Å². The van der Waals surface area contributed by atoms with Crippen LogP contribution in [0.3, 0.4) is 0 Å². The molecule has 0 amide bonds. The summed E-state index contributed by atoms with van der Waals surface area (Å²) in [5, 5.41) is 3.37. The van der Waals surface area contributed by atoms with Gasteiger partial charge in [0.15, 0.2) is 14.9 Å². The molecular formula is C16H20N2O2S. The molecule has 0 aliphatic rings. The van der Waals surface area contributed by atoms with Crippen LogP contribution in [0.2, 0.25) is 0 Å². The van der Waals surface area contributed by atoms with Gasteiger partial charge in [0.1, 0.15) is 0 Å². The van der Waals surface area contributed by atoms with E-state index in [1.165, 1.54) is 11.6 Å². The Hall–Kier alpha value is -1.88. The quantitative estimate of drug-likeness (QED) is 0.891. The first kappa shape index (κ1) is 15.5. The van der Waals surface area contributed by atoms with Crippen LogP contribution >= 0.6 is 0 Å². The van der Waals surface area contributed by atoms with Crippen molar-refractivity contribution in [3.05, 3.63) is 54.2 Å². The zero-order valence-electron chi connectivity index (χ0n) is 12.3. The molecule has 0 spiro atoms. The van der Waals surface area contributed by atoms with Gasteiger partial charge in [-0.25, -0.2) is 13.4 Å². The Kier molecular flexibility index (Phi) is 4.96. The summed E-state index contributed by atoms with van der Waals surface area (Å²) in [6.45, 7) is 3.01. The third kappa shape index (κ3) is 4.56. The average molecular weight is 304 g/mol. The van der Waals surface area contributed by atoms with Gasteiger partial charge in [0.2, 0.25) is 0 Å². The predicted octanol–water partition coefficient (Wildman–Crippen LogP) is 3.09. The minimum atomic E-state index is -3.23. The molecule has 0 saturated heterocycles. The lowest BCUT2D eigenvalue weighted by Crippen LogP contribution is -2.07. The lowest BCUT2D eigenvalue weighted by molar-refractivity contribution is 0.598. The molecule has 1 N–H and O–H groups in total. The van der Waals surface area contributed by atoms with Crippen molar-refractivity contribution in [2.24, 2.45) is 0 Å². The number of nitrogens with one attached hydrogen (secondary N) is 1. The van der Waals surface area contributed by atoms with Crippen LogP contribution in [0.5, 0.6) is 0 Å². The van der Waals surface area contributed by atoms with Gasteiger partial charge in [0.05, 0.1) is 11.9 Å². The predicted molar refractivity (Wildman–Crippen MR) is 85.3 cm³/mol. The van der Waals surface area contributed by atoms with Crippen molar-refractivity contribution >= 4 is 15.5 Å². The normalized spacial score (nSPS) is 12.9. The largest absolute Gasteiger partial charge is 0.384 e. The van der Waals surface area contributed by atoms with Crippen molar-refractivity contribution in [3.63, 3.8) is 0 Å². The van der Waals surface area contributed by atoms with Gasteiger partial charge in [-0.1, -0.05) is 37.3 Å². The number of hydrogen-bond acceptors (Lipinski definition) is 4. The minimum Gasteiger partial charge on any atom is -0.384 e. The molecule has 1 unspecified atom stereocenters. The standard InChI is InChI=1S/C16H20N2O2S/c1-13(14-6-4-3-5-7-14)10-11-17-15-8-9-16(18-12-15)21(2,19)20/h3-9,12-13,17H,10-11H2,1-2H3. The Balaban J connectivity index is 1.86. The van der Waals surface area contributed by atoms with E-state index in [1.54, 1.807) is 12.3 Å². The molecule has 2 aromatic rings. The van der Waals surface area contributed by atoms with Crippen LogP contribution in [-0.2, 0) is 9.84 Å². The van der Waals surface area contributed by atoms with E-state index in [-0.39, 0.29) is 5.03 Å². The maximum absolute atomic E-state index is 11.3. The van der Waals surface area contributed by atoms with E-state index in [0.717, 1.165) is 24.9 Å². The Morgan fingerprint density at radius 1 is 1.14 bits per heavy atom. The van der Waals surface area contributed by atoms with Gasteiger partial charge in [-0.3, -0.25) is 0 Å². The van der Waals surface area contributed by atoms with Crippen molar-refractivity contribution < 1.29 is 8.42 Å². The van der Waals surface area contributed by atoms with Crippen molar-refractivity contribution in [1.29, 1.82) is 0 Å². The first-order valence-corrected chi connectivity index (χ1v) is 8.81. The van der Waals surface area contributed by atoms with Crippen LogP contribution in [-0.4, -0.2) is 26.2 Å². The molecule has 1 heterocycles. The highest BCUT2D eigenvalue weighted by atomic mass is 32.2. The van der Waals surface area contributed by atoms with E-state index in [1.807, 2.05) is 18.2 Å². The molecule has 0 radical (unpaired) electrons. The van der Waals surface area contributed by atoms with Crippen LogP contribution in [0.15, 0.2) is 53.7 Å². The molecule has 0 saturated carbocycles. The molecule has 1 aromatic carbocycles. The lowest BCUT2D eigenvalue weighted by atomic mass is 9.98. The summed E-state index contributed by atoms with van der Waals surface area (Å²) < 4.78 is 22.6. The molecule has 5 heteroatoms. The zero-order valence-corrected chi connectivity index (χ0v) is 13.1. The van der Waals surface area contributed by atoms with E-state index < -0.39 is 9.84 Å². The topological polar surface area (TPSA) is 59.1 Å². The molecule has 0 aliphatic carbocycles. The summed E-state index contributed by atoms with van der Waals surface area (Å²) in [5.41, 5.74) is 2.16. The van der Waals surface area contributed by atoms with E-state index in [4.69, 9.17) is 0 Å². The number of nitrogens with zero attached hydrogens (tertiary/aromatic N) is 1. The van der Waals surface area contributed by atoms with Crippen LogP contribution in [0, 0.1) is 0 Å². The third-order valence-corrected chi connectivity index (χ3v) is 4.39. The second-order valence-corrected chi connectivity index (χ2v) is 7.15. The second kappa shape index (κ2) is 6.72. The zero-order chi connectivity index (χ0) is 15.3. The summed E-state index contributed by atoms with van der Waals surface area (Å²) in [4.78, 5) is 3.96. The molecule has 4 nitrogen and oxygen atoms in total. The van der Waals surface area contributed by atoms with E-state index in [2.05, 4.69) is 29.4 Å². The Labute approximate surface area is 126 Å². The molecule has 2 rings (SSSR count). The first-order valence-electron chi connectivity index (χ1n) is 6.92. The third-order valence-electron chi connectivity index (χ3n) is 3.39. The molecule has 0 bridgehead atoms. The van der Waals surface area contributed by atoms with Gasteiger partial charge in [-0.2, -0.15) is 0 Å². The van der Waals surface area contributed by atoms with Crippen molar-refractivity contribution in [2.75, 3.05) is 18.1 Å².